The van der Waals surface area contributed by atoms with Crippen LogP contribution in [0, 0.1) is 0 Å². The average molecular weight is 1670 g/mol. The summed E-state index contributed by atoms with van der Waals surface area (Å²) in [7, 11) is 0. The zero-order valence-electron chi connectivity index (χ0n) is 69.9. The summed E-state index contributed by atoms with van der Waals surface area (Å²) in [5.41, 5.74) is 15.5. The van der Waals surface area contributed by atoms with Gasteiger partial charge in [-0.15, -0.1) is 0 Å². The first-order valence-corrected chi connectivity index (χ1v) is 42.1. The zero-order chi connectivity index (χ0) is 85.2. The lowest BCUT2D eigenvalue weighted by atomic mass is 10.1. The van der Waals surface area contributed by atoms with E-state index in [9.17, 15) is 0 Å². The Labute approximate surface area is 736 Å². The second-order valence-electron chi connectivity index (χ2n) is 30.3. The lowest BCUT2D eigenvalue weighted by molar-refractivity contribution is 0.273. The van der Waals surface area contributed by atoms with Gasteiger partial charge < -0.3 is 66.3 Å². The Morgan fingerprint density at radius 3 is 0.365 bits per heavy atom. The molecule has 0 bridgehead atoms. The van der Waals surface area contributed by atoms with E-state index in [0.29, 0.717) is 133 Å². The number of ether oxygens (including phenoxy) is 14. The van der Waals surface area contributed by atoms with Crippen molar-refractivity contribution in [1.29, 1.82) is 0 Å². The molecule has 0 amide bonds. The van der Waals surface area contributed by atoms with Crippen molar-refractivity contribution < 1.29 is 66.3 Å². The van der Waals surface area contributed by atoms with Crippen LogP contribution < -0.4 is 66.3 Å². The summed E-state index contributed by atoms with van der Waals surface area (Å²) in [6.45, 7) is 4.35. The van der Waals surface area contributed by atoms with Crippen molar-refractivity contribution >= 4 is 12.2 Å². The SMILES string of the molecule is C(=C\c1ccc(OCc2cc(OCc3cc(OCc4ccccc4)cc(OCc4ccccc4)c3)cc(OCc3cc(OCc4ccccc4)cc(OCc4ccccc4)c3)c2)cc1)/c1ccc(OCc2cc(OCc3cc(OCc4ccccc4)cc(OCc4ccccc4)c3)cc(OCc3cc(OCc4ccccc4)cc(OCc4ccccc4)c3)c2)cc1. The highest BCUT2D eigenvalue weighted by atomic mass is 16.5. The van der Waals surface area contributed by atoms with Gasteiger partial charge in [-0.2, -0.15) is 0 Å². The largest absolute Gasteiger partial charge is 0.489 e. The lowest BCUT2D eigenvalue weighted by Gasteiger charge is -2.16. The van der Waals surface area contributed by atoms with Crippen molar-refractivity contribution in [2.45, 2.75) is 92.5 Å². The lowest BCUT2D eigenvalue weighted by Crippen LogP contribution is -2.04. The van der Waals surface area contributed by atoms with Gasteiger partial charge >= 0.3 is 0 Å². The van der Waals surface area contributed by atoms with Crippen LogP contribution in [0.2, 0.25) is 0 Å². The first-order valence-electron chi connectivity index (χ1n) is 42.1. The van der Waals surface area contributed by atoms with E-state index in [1.807, 2.05) is 400 Å². The summed E-state index contributed by atoms with van der Waals surface area (Å²) in [5, 5.41) is 0. The maximum atomic E-state index is 6.70. The average Bonchev–Trinajstić information content (AvgIpc) is 0.844. The van der Waals surface area contributed by atoms with Gasteiger partial charge in [-0.3, -0.25) is 0 Å². The van der Waals surface area contributed by atoms with Gasteiger partial charge in [0, 0.05) is 36.4 Å². The molecule has 126 heavy (non-hydrogen) atoms. The van der Waals surface area contributed by atoms with E-state index in [0.717, 1.165) is 89.0 Å². The summed E-state index contributed by atoms with van der Waals surface area (Å²) >= 11 is 0. The van der Waals surface area contributed by atoms with E-state index in [1.165, 1.54) is 0 Å². The van der Waals surface area contributed by atoms with Crippen molar-refractivity contribution in [2.75, 3.05) is 0 Å². The van der Waals surface area contributed by atoms with Crippen LogP contribution in [0.5, 0.6) is 80.5 Å². The second-order valence-corrected chi connectivity index (χ2v) is 30.3. The molecule has 0 aliphatic carbocycles. The molecular formula is C112H96O14. The standard InChI is InChI=1S/C112H96O14/c1-9-25-85(26-10-1)69-115-101-55-95(56-102(63-101)116-70-86-27-11-2-12-28-86)79-123-109-51-93(52-110(67-109)124-80-96-57-103(117-71-87-29-13-3-14-30-87)64-104(58-96)118-72-88-31-15-4-16-32-88)77-113-99-47-43-83(44-48-99)41-42-84-45-49-100(50-46-84)114-78-94-53-111(125-81-97-59-105(119-73-89-33-17-5-18-34-89)65-106(60-97)120-74-90-35-19-6-20-36-90)68-112(54-94)126-82-98-61-107(121-75-91-37-21-7-22-38-91)66-108(62-98)122-76-92-39-23-8-24-40-92/h1-68H,69-82H2/b42-41+. The monoisotopic (exact) mass is 1660 g/mol. The Kier molecular flexibility index (Phi) is 29.6. The van der Waals surface area contributed by atoms with E-state index in [1.54, 1.807) is 0 Å². The van der Waals surface area contributed by atoms with E-state index < -0.39 is 0 Å². The number of hydrogen-bond acceptors (Lipinski definition) is 14. The Hall–Kier alpha value is -15.5. The molecule has 14 heteroatoms. The fourth-order valence-electron chi connectivity index (χ4n) is 13.8. The molecular weight excluding hydrogens is 1570 g/mol. The molecule has 0 heterocycles. The number of benzene rings is 16. The van der Waals surface area contributed by atoms with Crippen molar-refractivity contribution in [1.82, 2.24) is 0 Å². The minimum atomic E-state index is 0.201. The molecule has 0 spiro atoms. The first kappa shape index (κ1) is 84.1. The fourth-order valence-corrected chi connectivity index (χ4v) is 13.8. The van der Waals surface area contributed by atoms with Crippen molar-refractivity contribution in [3.8, 4) is 80.5 Å². The molecule has 0 aliphatic rings. The maximum absolute atomic E-state index is 6.70. The van der Waals surface area contributed by atoms with Gasteiger partial charge in [0.15, 0.2) is 0 Å². The molecule has 0 aliphatic heterocycles. The van der Waals surface area contributed by atoms with Crippen LogP contribution >= 0.6 is 0 Å². The predicted octanol–water partition coefficient (Wildman–Crippen LogP) is 26.0. The van der Waals surface area contributed by atoms with Gasteiger partial charge in [0.25, 0.3) is 0 Å². The molecule has 0 N–H and O–H groups in total. The van der Waals surface area contributed by atoms with Crippen molar-refractivity contribution in [2.24, 2.45) is 0 Å². The molecule has 628 valence electrons. The molecule has 0 atom stereocenters. The van der Waals surface area contributed by atoms with Gasteiger partial charge in [-0.1, -0.05) is 279 Å². The number of hydrogen-bond donors (Lipinski definition) is 0. The Morgan fingerprint density at radius 2 is 0.230 bits per heavy atom. The third-order valence-electron chi connectivity index (χ3n) is 20.3. The molecule has 0 fully saturated rings. The molecule has 16 aromatic carbocycles. The van der Waals surface area contributed by atoms with Crippen molar-refractivity contribution in [3.63, 3.8) is 0 Å². The Morgan fingerprint density at radius 1 is 0.111 bits per heavy atom. The number of rotatable bonds is 44. The summed E-state index contributed by atoms with van der Waals surface area (Å²) in [6, 6.07) is 132. The minimum Gasteiger partial charge on any atom is -0.489 e. The zero-order valence-corrected chi connectivity index (χ0v) is 69.9. The van der Waals surface area contributed by atoms with Crippen LogP contribution in [-0.4, -0.2) is 0 Å². The highest BCUT2D eigenvalue weighted by Crippen LogP contribution is 2.35. The molecule has 16 rings (SSSR count). The van der Waals surface area contributed by atoms with Crippen LogP contribution in [0.25, 0.3) is 12.2 Å². The van der Waals surface area contributed by atoms with E-state index in [2.05, 4.69) is 12.2 Å². The maximum Gasteiger partial charge on any atom is 0.123 e. The molecule has 16 aromatic rings. The second kappa shape index (κ2) is 44.3. The summed E-state index contributed by atoms with van der Waals surface area (Å²) < 4.78 is 91.0. The van der Waals surface area contributed by atoms with Gasteiger partial charge in [-0.05, 0) is 186 Å². The van der Waals surface area contributed by atoms with Gasteiger partial charge in [0.05, 0.1) is 0 Å². The topological polar surface area (TPSA) is 129 Å². The Bertz CT molecular complexity index is 5140. The predicted molar refractivity (Wildman–Crippen MR) is 493 cm³/mol. The Balaban J connectivity index is 0.601. The molecule has 0 saturated heterocycles. The molecule has 0 radical (unpaired) electrons. The third kappa shape index (κ3) is 27.0. The molecule has 0 aromatic heterocycles. The van der Waals surface area contributed by atoms with Crippen LogP contribution in [0.1, 0.15) is 89.0 Å². The van der Waals surface area contributed by atoms with Crippen LogP contribution in [0.4, 0.5) is 0 Å². The summed E-state index contributed by atoms with van der Waals surface area (Å²) in [6.07, 6.45) is 4.15. The highest BCUT2D eigenvalue weighted by Gasteiger charge is 2.16. The van der Waals surface area contributed by atoms with Gasteiger partial charge in [-0.25, -0.2) is 0 Å². The summed E-state index contributed by atoms with van der Waals surface area (Å²) in [4.78, 5) is 0. The normalized spacial score (nSPS) is 11.0. The minimum absolute atomic E-state index is 0.201. The van der Waals surface area contributed by atoms with Crippen LogP contribution in [-0.2, 0) is 92.5 Å². The van der Waals surface area contributed by atoms with E-state index in [4.69, 9.17) is 66.3 Å². The van der Waals surface area contributed by atoms with Crippen LogP contribution in [0.15, 0.2) is 400 Å². The molecule has 0 unspecified atom stereocenters. The smallest absolute Gasteiger partial charge is 0.123 e. The van der Waals surface area contributed by atoms with E-state index in [-0.39, 0.29) is 39.6 Å². The summed E-state index contributed by atoms with van der Waals surface area (Å²) in [5.74, 6) is 8.97. The van der Waals surface area contributed by atoms with Crippen LogP contribution in [0.3, 0.4) is 0 Å². The van der Waals surface area contributed by atoms with E-state index >= 15 is 0 Å². The third-order valence-corrected chi connectivity index (χ3v) is 20.3. The molecule has 14 nitrogen and oxygen atoms in total. The fraction of sp³-hybridized carbons (Fsp3) is 0.125. The highest BCUT2D eigenvalue weighted by molar-refractivity contribution is 5.70. The quantitative estimate of drug-likeness (QED) is 0.0336. The van der Waals surface area contributed by atoms with Gasteiger partial charge in [0.1, 0.15) is 173 Å². The first-order chi connectivity index (χ1) is 62.2. The van der Waals surface area contributed by atoms with Crippen molar-refractivity contribution in [3.05, 3.63) is 489 Å². The molecule has 0 saturated carbocycles. The van der Waals surface area contributed by atoms with Gasteiger partial charge in [0.2, 0.25) is 0 Å².